The molecule has 0 fully saturated rings. The maximum Gasteiger partial charge on any atom is 0.329 e. The van der Waals surface area contributed by atoms with E-state index in [1.165, 1.54) is 6.21 Å². The fourth-order valence-corrected chi connectivity index (χ4v) is 1.95. The summed E-state index contributed by atoms with van der Waals surface area (Å²) in [6.45, 7) is 5.86. The quantitative estimate of drug-likeness (QED) is 0.520. The van der Waals surface area contributed by atoms with Crippen molar-refractivity contribution >= 4 is 23.7 Å². The number of anilines is 1. The second kappa shape index (κ2) is 7.35. The third-order valence-corrected chi connectivity index (χ3v) is 3.53. The van der Waals surface area contributed by atoms with Crippen LogP contribution in [0.15, 0.2) is 47.6 Å². The van der Waals surface area contributed by atoms with Crippen molar-refractivity contribution in [1.82, 2.24) is 5.43 Å². The van der Waals surface area contributed by atoms with Crippen molar-refractivity contribution in [2.45, 2.75) is 20.8 Å². The van der Waals surface area contributed by atoms with Crippen molar-refractivity contribution in [2.75, 3.05) is 5.32 Å². The van der Waals surface area contributed by atoms with E-state index in [1.807, 2.05) is 57.2 Å². The van der Waals surface area contributed by atoms with Gasteiger partial charge >= 0.3 is 11.8 Å². The molecule has 0 saturated heterocycles. The third-order valence-electron chi connectivity index (χ3n) is 3.53. The Kier molecular flexibility index (Phi) is 5.25. The first kappa shape index (κ1) is 16.4. The van der Waals surface area contributed by atoms with E-state index in [2.05, 4.69) is 15.8 Å². The summed E-state index contributed by atoms with van der Waals surface area (Å²) in [4.78, 5) is 23.6. The number of nitrogens with one attached hydrogen (secondary N) is 2. The molecule has 118 valence electrons. The number of hydrogen-bond donors (Lipinski definition) is 2. The molecule has 0 aliphatic carbocycles. The first-order valence-electron chi connectivity index (χ1n) is 7.24. The Labute approximate surface area is 135 Å². The summed E-state index contributed by atoms with van der Waals surface area (Å²) < 4.78 is 0. The molecule has 0 atom stereocenters. The molecule has 0 bridgehead atoms. The molecule has 0 unspecified atom stereocenters. The van der Waals surface area contributed by atoms with Crippen LogP contribution in [0.5, 0.6) is 0 Å². The first-order chi connectivity index (χ1) is 11.0. The average molecular weight is 309 g/mol. The predicted octanol–water partition coefficient (Wildman–Crippen LogP) is 2.70. The molecule has 5 heteroatoms. The van der Waals surface area contributed by atoms with Gasteiger partial charge in [-0.15, -0.1) is 0 Å². The lowest BCUT2D eigenvalue weighted by Gasteiger charge is -2.06. The Morgan fingerprint density at radius 3 is 2.35 bits per heavy atom. The third kappa shape index (κ3) is 4.51. The largest absolute Gasteiger partial charge is 0.329 e. The Morgan fingerprint density at radius 1 is 0.913 bits per heavy atom. The highest BCUT2D eigenvalue weighted by atomic mass is 16.2. The van der Waals surface area contributed by atoms with Crippen LogP contribution in [0.2, 0.25) is 0 Å². The zero-order valence-electron chi connectivity index (χ0n) is 13.4. The van der Waals surface area contributed by atoms with Crippen LogP contribution in [-0.4, -0.2) is 18.0 Å². The fraction of sp³-hybridized carbons (Fsp3) is 0.167. The van der Waals surface area contributed by atoms with Gasteiger partial charge in [-0.25, -0.2) is 5.43 Å². The molecule has 2 amide bonds. The van der Waals surface area contributed by atoms with Gasteiger partial charge in [0.05, 0.1) is 6.21 Å². The number of rotatable bonds is 3. The van der Waals surface area contributed by atoms with Gasteiger partial charge in [0.2, 0.25) is 0 Å². The molecule has 0 aliphatic heterocycles. The van der Waals surface area contributed by atoms with Crippen molar-refractivity contribution in [3.8, 4) is 0 Å². The van der Waals surface area contributed by atoms with Gasteiger partial charge in [0.25, 0.3) is 0 Å². The van der Waals surface area contributed by atoms with E-state index in [0.717, 1.165) is 22.3 Å². The summed E-state index contributed by atoms with van der Waals surface area (Å²) in [5.41, 5.74) is 6.88. The minimum atomic E-state index is -0.812. The number of carbonyl (C=O) groups is 2. The molecule has 0 aromatic heterocycles. The van der Waals surface area contributed by atoms with Crippen LogP contribution in [0, 0.1) is 20.8 Å². The molecule has 2 N–H and O–H groups in total. The van der Waals surface area contributed by atoms with Crippen LogP contribution < -0.4 is 10.7 Å². The minimum absolute atomic E-state index is 0.580. The first-order valence-corrected chi connectivity index (χ1v) is 7.24. The van der Waals surface area contributed by atoms with E-state index in [-0.39, 0.29) is 0 Å². The zero-order valence-corrected chi connectivity index (χ0v) is 13.4. The second-order valence-corrected chi connectivity index (χ2v) is 5.31. The van der Waals surface area contributed by atoms with Crippen LogP contribution in [0.4, 0.5) is 5.69 Å². The fourth-order valence-electron chi connectivity index (χ4n) is 1.95. The van der Waals surface area contributed by atoms with Crippen LogP contribution in [0.1, 0.15) is 22.3 Å². The van der Waals surface area contributed by atoms with Crippen molar-refractivity contribution in [1.29, 1.82) is 0 Å². The average Bonchev–Trinajstić information content (AvgIpc) is 2.52. The number of hydrogen-bond acceptors (Lipinski definition) is 3. The molecule has 5 nitrogen and oxygen atoms in total. The van der Waals surface area contributed by atoms with Crippen molar-refractivity contribution in [2.24, 2.45) is 5.10 Å². The van der Waals surface area contributed by atoms with Crippen LogP contribution in [-0.2, 0) is 9.59 Å². The number of hydrazone groups is 1. The standard InChI is InChI=1S/C18H19N3O2/c1-12-8-9-16(10-14(12)3)20-17(22)18(23)21-19-11-15-7-5-4-6-13(15)2/h4-11H,1-3H3,(H,20,22)(H,21,23)/b19-11-. The molecule has 23 heavy (non-hydrogen) atoms. The van der Waals surface area contributed by atoms with E-state index in [4.69, 9.17) is 0 Å². The van der Waals surface area contributed by atoms with Gasteiger partial charge in [-0.3, -0.25) is 9.59 Å². The topological polar surface area (TPSA) is 70.6 Å². The summed E-state index contributed by atoms with van der Waals surface area (Å²) in [7, 11) is 0. The van der Waals surface area contributed by atoms with Gasteiger partial charge in [0.15, 0.2) is 0 Å². The van der Waals surface area contributed by atoms with Gasteiger partial charge < -0.3 is 5.32 Å². The van der Waals surface area contributed by atoms with Gasteiger partial charge in [-0.2, -0.15) is 5.10 Å². The number of benzene rings is 2. The molecular formula is C18H19N3O2. The van der Waals surface area contributed by atoms with E-state index in [0.29, 0.717) is 5.69 Å². The zero-order chi connectivity index (χ0) is 16.8. The van der Waals surface area contributed by atoms with Crippen molar-refractivity contribution < 1.29 is 9.59 Å². The molecule has 2 aromatic rings. The molecule has 0 aliphatic rings. The molecule has 0 saturated carbocycles. The number of aryl methyl sites for hydroxylation is 3. The highest BCUT2D eigenvalue weighted by molar-refractivity contribution is 6.39. The normalized spacial score (nSPS) is 10.6. The van der Waals surface area contributed by atoms with E-state index in [9.17, 15) is 9.59 Å². The summed E-state index contributed by atoms with van der Waals surface area (Å²) in [6, 6.07) is 13.1. The number of nitrogens with zero attached hydrogens (tertiary/aromatic N) is 1. The second-order valence-electron chi connectivity index (χ2n) is 5.31. The van der Waals surface area contributed by atoms with Gasteiger partial charge in [0, 0.05) is 5.69 Å². The maximum atomic E-state index is 11.8. The molecule has 2 aromatic carbocycles. The Bertz CT molecular complexity index is 767. The van der Waals surface area contributed by atoms with Gasteiger partial charge in [-0.1, -0.05) is 30.3 Å². The Balaban J connectivity index is 1.94. The molecule has 0 radical (unpaired) electrons. The SMILES string of the molecule is Cc1ccc(NC(=O)C(=O)N/N=C\c2ccccc2C)cc1C. The van der Waals surface area contributed by atoms with Crippen molar-refractivity contribution in [3.05, 3.63) is 64.7 Å². The summed E-state index contributed by atoms with van der Waals surface area (Å²) in [5, 5.41) is 6.36. The summed E-state index contributed by atoms with van der Waals surface area (Å²) >= 11 is 0. The highest BCUT2D eigenvalue weighted by Gasteiger charge is 2.13. The lowest BCUT2D eigenvalue weighted by atomic mass is 10.1. The van der Waals surface area contributed by atoms with E-state index >= 15 is 0 Å². The molecular weight excluding hydrogens is 290 g/mol. The van der Waals surface area contributed by atoms with Crippen LogP contribution in [0.3, 0.4) is 0 Å². The summed E-state index contributed by atoms with van der Waals surface area (Å²) in [5.74, 6) is -1.57. The van der Waals surface area contributed by atoms with E-state index in [1.54, 1.807) is 6.07 Å². The Morgan fingerprint density at radius 2 is 1.65 bits per heavy atom. The maximum absolute atomic E-state index is 11.8. The van der Waals surface area contributed by atoms with E-state index < -0.39 is 11.8 Å². The van der Waals surface area contributed by atoms with Gasteiger partial charge in [-0.05, 0) is 55.2 Å². The number of carbonyl (C=O) groups excluding carboxylic acids is 2. The van der Waals surface area contributed by atoms with Crippen LogP contribution >= 0.6 is 0 Å². The highest BCUT2D eigenvalue weighted by Crippen LogP contribution is 2.13. The smallest absolute Gasteiger partial charge is 0.318 e. The number of amides is 2. The van der Waals surface area contributed by atoms with Crippen molar-refractivity contribution in [3.63, 3.8) is 0 Å². The summed E-state index contributed by atoms with van der Waals surface area (Å²) in [6.07, 6.45) is 1.51. The van der Waals surface area contributed by atoms with Gasteiger partial charge in [0.1, 0.15) is 0 Å². The lowest BCUT2D eigenvalue weighted by molar-refractivity contribution is -0.136. The molecule has 0 spiro atoms. The molecule has 0 heterocycles. The lowest BCUT2D eigenvalue weighted by Crippen LogP contribution is -2.32. The Hall–Kier alpha value is -2.95. The van der Waals surface area contributed by atoms with Crippen LogP contribution in [0.25, 0.3) is 0 Å². The minimum Gasteiger partial charge on any atom is -0.318 e. The predicted molar refractivity (Wildman–Crippen MR) is 91.5 cm³/mol. The monoisotopic (exact) mass is 309 g/mol. The molecule has 2 rings (SSSR count).